The zero-order valence-corrected chi connectivity index (χ0v) is 30.9. The zero-order chi connectivity index (χ0) is 37.6. The van der Waals surface area contributed by atoms with Gasteiger partial charge in [0.2, 0.25) is 0 Å². The van der Waals surface area contributed by atoms with Crippen molar-refractivity contribution in [2.45, 2.75) is 12.6 Å². The van der Waals surface area contributed by atoms with Crippen LogP contribution < -0.4 is 15.9 Å². The van der Waals surface area contributed by atoms with E-state index in [9.17, 15) is 13.7 Å². The molecule has 0 bridgehead atoms. The normalized spacial score (nSPS) is 15.1. The summed E-state index contributed by atoms with van der Waals surface area (Å²) in [4.78, 5) is 27.9. The Bertz CT molecular complexity index is 2690. The summed E-state index contributed by atoms with van der Waals surface area (Å²) in [6, 6.07) is 50.9. The van der Waals surface area contributed by atoms with Gasteiger partial charge < -0.3 is 0 Å². The van der Waals surface area contributed by atoms with Gasteiger partial charge in [0.1, 0.15) is 12.0 Å². The van der Waals surface area contributed by atoms with E-state index in [1.54, 1.807) is 24.3 Å². The van der Waals surface area contributed by atoms with Crippen LogP contribution in [0.2, 0.25) is 0 Å². The molecule has 0 fully saturated rings. The Kier molecular flexibility index (Phi) is 8.53. The van der Waals surface area contributed by atoms with Crippen molar-refractivity contribution in [1.29, 1.82) is 0 Å². The molecule has 0 aliphatic heterocycles. The fraction of sp³-hybridized carbons (Fsp3) is 0.0625. The van der Waals surface area contributed by atoms with Gasteiger partial charge in [-0.3, -0.25) is 0 Å². The van der Waals surface area contributed by atoms with Crippen LogP contribution in [0.3, 0.4) is 0 Å². The molecule has 0 saturated carbocycles. The average molecular weight is 740 g/mol. The van der Waals surface area contributed by atoms with Crippen LogP contribution in [0.1, 0.15) is 12.2 Å². The second-order valence-corrected chi connectivity index (χ2v) is 18.7. The minimum atomic E-state index is -3.81. The van der Waals surface area contributed by atoms with E-state index in [0.717, 1.165) is 54.1 Å². The second kappa shape index (κ2) is 13.6. The summed E-state index contributed by atoms with van der Waals surface area (Å²) < 4.78 is 28.2. The second-order valence-electron chi connectivity index (χ2n) is 14.1. The Morgan fingerprint density at radius 2 is 0.982 bits per heavy atom. The molecule has 8 aromatic rings. The topological polar surface area (TPSA) is 58.9 Å². The maximum atomic E-state index is 14.1. The monoisotopic (exact) mass is 739 g/mol. The summed E-state index contributed by atoms with van der Waals surface area (Å²) in [6.07, 6.45) is 4.20. The van der Waals surface area contributed by atoms with Crippen molar-refractivity contribution in [3.05, 3.63) is 188 Å². The van der Waals surface area contributed by atoms with E-state index in [1.165, 1.54) is 18.2 Å². The third kappa shape index (κ3) is 5.95. The SMILES string of the molecule is CP(O)(c1ccccc1)(c1ccccc1)c1ccc(-c2c3ccccc3c(-c3nc(C4=CCC(F)C=C4)nc(-c4ccc(F)cc4)n3)c3ccccc23)cc1. The third-order valence-electron chi connectivity index (χ3n) is 10.8. The molecule has 0 saturated heterocycles. The predicted molar refractivity (Wildman–Crippen MR) is 225 cm³/mol. The van der Waals surface area contributed by atoms with Crippen molar-refractivity contribution in [2.75, 3.05) is 6.66 Å². The molecule has 55 heavy (non-hydrogen) atoms. The Hall–Kier alpha value is -6.20. The molecule has 1 N–H and O–H groups in total. The van der Waals surface area contributed by atoms with E-state index < -0.39 is 13.0 Å². The van der Waals surface area contributed by atoms with Gasteiger partial charge in [-0.05, 0) is 30.3 Å². The van der Waals surface area contributed by atoms with Crippen LogP contribution in [0.25, 0.3) is 61.0 Å². The van der Waals surface area contributed by atoms with Crippen LogP contribution in [0.5, 0.6) is 0 Å². The molecule has 0 amide bonds. The van der Waals surface area contributed by atoms with Crippen molar-refractivity contribution in [1.82, 2.24) is 15.0 Å². The van der Waals surface area contributed by atoms with Gasteiger partial charge in [0, 0.05) is 6.42 Å². The Balaban J connectivity index is 1.26. The zero-order valence-electron chi connectivity index (χ0n) is 30.0. The summed E-state index contributed by atoms with van der Waals surface area (Å²) >= 11 is 0. The van der Waals surface area contributed by atoms with Crippen molar-refractivity contribution < 1.29 is 13.7 Å². The number of aromatic nitrogens is 3. The number of benzene rings is 7. The number of alkyl halides is 1. The minimum absolute atomic E-state index is 0.229. The first kappa shape index (κ1) is 34.6. The molecule has 268 valence electrons. The van der Waals surface area contributed by atoms with Gasteiger partial charge in [0.05, 0.1) is 0 Å². The molecule has 1 aromatic heterocycles. The molecule has 0 radical (unpaired) electrons. The van der Waals surface area contributed by atoms with Crippen LogP contribution in [-0.4, -0.2) is 32.7 Å². The van der Waals surface area contributed by atoms with Crippen molar-refractivity contribution in [3.8, 4) is 33.9 Å². The molecule has 1 atom stereocenters. The Morgan fingerprint density at radius 1 is 0.527 bits per heavy atom. The van der Waals surface area contributed by atoms with Crippen LogP contribution in [0, 0.1) is 5.82 Å². The molecule has 9 rings (SSSR count). The Morgan fingerprint density at radius 3 is 1.51 bits per heavy atom. The van der Waals surface area contributed by atoms with Crippen molar-refractivity contribution >= 4 is 49.9 Å². The standard InChI is InChI=1S/C48H36F2N3OP/c1-55(54,37-12-4-2-5-13-37,38-14-6-3-7-15-38)39-30-24-32(25-31-39)44-40-16-8-10-18-42(40)45(43-19-11-9-17-41(43)44)48-52-46(33-20-26-35(49)27-21-33)51-47(53-48)34-22-28-36(50)29-23-34/h2-28,30-31,36,54H,29H2,1H3. The first-order valence-corrected chi connectivity index (χ1v) is 20.9. The molecule has 7 heteroatoms. The number of hydrogen-bond acceptors (Lipinski definition) is 4. The fourth-order valence-corrected chi connectivity index (χ4v) is 11.4. The van der Waals surface area contributed by atoms with Crippen LogP contribution in [-0.2, 0) is 0 Å². The molecular formula is C48H36F2N3OP. The van der Waals surface area contributed by atoms with Gasteiger partial charge in [0.15, 0.2) is 0 Å². The molecule has 1 heterocycles. The summed E-state index contributed by atoms with van der Waals surface area (Å²) in [5.74, 6) is 0.921. The summed E-state index contributed by atoms with van der Waals surface area (Å²) in [5.41, 5.74) is 4.24. The number of halogens is 2. The molecule has 1 aliphatic rings. The van der Waals surface area contributed by atoms with E-state index in [0.29, 0.717) is 28.6 Å². The first-order valence-electron chi connectivity index (χ1n) is 18.2. The molecule has 4 nitrogen and oxygen atoms in total. The quantitative estimate of drug-likeness (QED) is 0.131. The number of rotatable bonds is 7. The predicted octanol–water partition coefficient (Wildman–Crippen LogP) is 10.4. The molecule has 1 aliphatic carbocycles. The van der Waals surface area contributed by atoms with E-state index in [4.69, 9.17) is 15.0 Å². The first-order chi connectivity index (χ1) is 26.8. The molecule has 1 unspecified atom stereocenters. The van der Waals surface area contributed by atoms with E-state index >= 15 is 0 Å². The van der Waals surface area contributed by atoms with E-state index in [1.807, 2.05) is 91.6 Å². The molecule has 0 spiro atoms. The summed E-state index contributed by atoms with van der Waals surface area (Å²) in [6.45, 7) is -1.81. The van der Waals surface area contributed by atoms with Gasteiger partial charge in [-0.2, -0.15) is 0 Å². The van der Waals surface area contributed by atoms with Crippen molar-refractivity contribution in [3.63, 3.8) is 0 Å². The van der Waals surface area contributed by atoms with Gasteiger partial charge in [-0.15, -0.1) is 0 Å². The van der Waals surface area contributed by atoms with Gasteiger partial charge in [-0.1, -0.05) is 12.2 Å². The number of fused-ring (bicyclic) bond motifs is 2. The Labute approximate surface area is 318 Å². The summed E-state index contributed by atoms with van der Waals surface area (Å²) in [7, 11) is 0. The van der Waals surface area contributed by atoms with Crippen LogP contribution >= 0.6 is 6.83 Å². The number of allylic oxidation sites excluding steroid dienone is 4. The van der Waals surface area contributed by atoms with Crippen molar-refractivity contribution in [2.24, 2.45) is 0 Å². The van der Waals surface area contributed by atoms with E-state index in [2.05, 4.69) is 48.5 Å². The number of hydrogen-bond donors (Lipinski definition) is 1. The third-order valence-corrected chi connectivity index (χ3v) is 15.4. The molecule has 7 aromatic carbocycles. The fourth-order valence-electron chi connectivity index (χ4n) is 7.81. The molecular weight excluding hydrogens is 704 g/mol. The van der Waals surface area contributed by atoms with E-state index in [-0.39, 0.29) is 12.2 Å². The average Bonchev–Trinajstić information content (AvgIpc) is 3.24. The number of nitrogens with zero attached hydrogens (tertiary/aromatic N) is 3. The van der Waals surface area contributed by atoms with Crippen LogP contribution in [0.15, 0.2) is 176 Å². The summed E-state index contributed by atoms with van der Waals surface area (Å²) in [5, 5.41) is 6.58. The van der Waals surface area contributed by atoms with Crippen LogP contribution in [0.4, 0.5) is 8.78 Å². The van der Waals surface area contributed by atoms with Gasteiger partial charge in [0.25, 0.3) is 0 Å². The van der Waals surface area contributed by atoms with Gasteiger partial charge in [-0.25, -0.2) is 8.78 Å². The van der Waals surface area contributed by atoms with Gasteiger partial charge >= 0.3 is 250 Å². The maximum absolute atomic E-state index is 14.1.